The van der Waals surface area contributed by atoms with Crippen LogP contribution in [0.4, 0.5) is 0 Å². The molecule has 0 bridgehead atoms. The Labute approximate surface area is 90.8 Å². The van der Waals surface area contributed by atoms with Crippen molar-refractivity contribution >= 4 is 5.91 Å². The molecule has 0 aromatic rings. The molecule has 15 heavy (non-hydrogen) atoms. The number of nitrogens with two attached hydrogens (primary N) is 1. The minimum absolute atomic E-state index is 0.188. The quantitative estimate of drug-likeness (QED) is 0.719. The van der Waals surface area contributed by atoms with Crippen LogP contribution in [0.15, 0.2) is 0 Å². The minimum atomic E-state index is 0.188. The van der Waals surface area contributed by atoms with E-state index in [1.54, 1.807) is 0 Å². The van der Waals surface area contributed by atoms with Gasteiger partial charge in [-0.1, -0.05) is 0 Å². The molecule has 1 saturated heterocycles. The molecule has 1 heterocycles. The number of hydrogen-bond donors (Lipinski definition) is 1. The summed E-state index contributed by atoms with van der Waals surface area (Å²) in [5, 5.41) is 0. The van der Waals surface area contributed by atoms with Gasteiger partial charge in [-0.2, -0.15) is 0 Å². The predicted molar refractivity (Wildman–Crippen MR) is 57.3 cm³/mol. The monoisotopic (exact) mass is 212 g/mol. The van der Waals surface area contributed by atoms with E-state index in [2.05, 4.69) is 0 Å². The molecular formula is C11H20N2O2. The van der Waals surface area contributed by atoms with Gasteiger partial charge in [0.15, 0.2) is 0 Å². The average Bonchev–Trinajstić information content (AvgIpc) is 2.24. The lowest BCUT2D eigenvalue weighted by Gasteiger charge is -2.38. The SMILES string of the molecule is CN(C(=O)C1CC(N)C1)C1CCOCC1. The molecule has 0 aromatic heterocycles. The fourth-order valence-electron chi connectivity index (χ4n) is 2.40. The second-order valence-electron chi connectivity index (χ2n) is 4.72. The van der Waals surface area contributed by atoms with E-state index in [-0.39, 0.29) is 17.9 Å². The van der Waals surface area contributed by atoms with Crippen LogP contribution in [-0.4, -0.2) is 43.2 Å². The third-order valence-electron chi connectivity index (χ3n) is 3.61. The van der Waals surface area contributed by atoms with E-state index in [1.807, 2.05) is 11.9 Å². The van der Waals surface area contributed by atoms with E-state index in [9.17, 15) is 4.79 Å². The van der Waals surface area contributed by atoms with Crippen LogP contribution in [0.5, 0.6) is 0 Å². The topological polar surface area (TPSA) is 55.6 Å². The minimum Gasteiger partial charge on any atom is -0.381 e. The van der Waals surface area contributed by atoms with Crippen LogP contribution in [0.2, 0.25) is 0 Å². The van der Waals surface area contributed by atoms with Crippen molar-refractivity contribution in [1.29, 1.82) is 0 Å². The van der Waals surface area contributed by atoms with Crippen LogP contribution in [-0.2, 0) is 9.53 Å². The third kappa shape index (κ3) is 2.32. The molecule has 1 saturated carbocycles. The molecule has 2 aliphatic rings. The second-order valence-corrected chi connectivity index (χ2v) is 4.72. The zero-order valence-corrected chi connectivity index (χ0v) is 9.32. The second kappa shape index (κ2) is 4.49. The number of amides is 1. The molecule has 0 spiro atoms. The number of rotatable bonds is 2. The van der Waals surface area contributed by atoms with Crippen molar-refractivity contribution in [3.63, 3.8) is 0 Å². The number of hydrogen-bond acceptors (Lipinski definition) is 3. The Kier molecular flexibility index (Phi) is 3.26. The summed E-state index contributed by atoms with van der Waals surface area (Å²) >= 11 is 0. The predicted octanol–water partition coefficient (Wildman–Crippen LogP) is 0.361. The normalized spacial score (nSPS) is 32.1. The lowest BCUT2D eigenvalue weighted by Crippen LogP contribution is -2.49. The fraction of sp³-hybridized carbons (Fsp3) is 0.909. The average molecular weight is 212 g/mol. The number of nitrogens with zero attached hydrogens (tertiary/aromatic N) is 1. The van der Waals surface area contributed by atoms with Gasteiger partial charge in [-0.15, -0.1) is 0 Å². The molecule has 2 N–H and O–H groups in total. The zero-order chi connectivity index (χ0) is 10.8. The van der Waals surface area contributed by atoms with Crippen LogP contribution >= 0.6 is 0 Å². The maximum atomic E-state index is 12.0. The Hall–Kier alpha value is -0.610. The highest BCUT2D eigenvalue weighted by molar-refractivity contribution is 5.80. The molecule has 1 amide bonds. The Morgan fingerprint density at radius 2 is 1.93 bits per heavy atom. The first kappa shape index (κ1) is 10.9. The maximum absolute atomic E-state index is 12.0. The van der Waals surface area contributed by atoms with E-state index in [1.165, 1.54) is 0 Å². The molecule has 1 aliphatic heterocycles. The van der Waals surface area contributed by atoms with Crippen molar-refractivity contribution in [3.8, 4) is 0 Å². The summed E-state index contributed by atoms with van der Waals surface area (Å²) < 4.78 is 5.29. The molecular weight excluding hydrogens is 192 g/mol. The lowest BCUT2D eigenvalue weighted by molar-refractivity contribution is -0.141. The van der Waals surface area contributed by atoms with Gasteiger partial charge in [-0.05, 0) is 25.7 Å². The van der Waals surface area contributed by atoms with E-state index in [4.69, 9.17) is 10.5 Å². The van der Waals surface area contributed by atoms with Crippen LogP contribution in [0, 0.1) is 5.92 Å². The Morgan fingerprint density at radius 1 is 1.33 bits per heavy atom. The first-order valence-electron chi connectivity index (χ1n) is 5.78. The van der Waals surface area contributed by atoms with Gasteiger partial charge in [0.2, 0.25) is 5.91 Å². The van der Waals surface area contributed by atoms with Crippen molar-refractivity contribution in [2.75, 3.05) is 20.3 Å². The highest BCUT2D eigenvalue weighted by Gasteiger charge is 2.35. The standard InChI is InChI=1S/C11H20N2O2/c1-13(10-2-4-15-5-3-10)11(14)8-6-9(12)7-8/h8-10H,2-7,12H2,1H3. The van der Waals surface area contributed by atoms with E-state index in [0.717, 1.165) is 38.9 Å². The van der Waals surface area contributed by atoms with E-state index < -0.39 is 0 Å². The smallest absolute Gasteiger partial charge is 0.225 e. The molecule has 0 atom stereocenters. The molecule has 2 fully saturated rings. The summed E-state index contributed by atoms with van der Waals surface area (Å²) in [7, 11) is 1.92. The highest BCUT2D eigenvalue weighted by atomic mass is 16.5. The summed E-state index contributed by atoms with van der Waals surface area (Å²) in [6, 6.07) is 0.630. The van der Waals surface area contributed by atoms with Gasteiger partial charge in [0, 0.05) is 38.3 Å². The van der Waals surface area contributed by atoms with Crippen molar-refractivity contribution in [1.82, 2.24) is 4.90 Å². The summed E-state index contributed by atoms with van der Waals surface area (Å²) in [6.07, 6.45) is 3.68. The third-order valence-corrected chi connectivity index (χ3v) is 3.61. The molecule has 4 heteroatoms. The molecule has 2 rings (SSSR count). The van der Waals surface area contributed by atoms with E-state index in [0.29, 0.717) is 6.04 Å². The number of carbonyl (C=O) groups is 1. The lowest BCUT2D eigenvalue weighted by atomic mass is 9.79. The summed E-state index contributed by atoms with van der Waals surface area (Å²) in [6.45, 7) is 1.57. The number of ether oxygens (including phenoxy) is 1. The molecule has 1 aliphatic carbocycles. The Morgan fingerprint density at radius 3 is 2.47 bits per heavy atom. The van der Waals surface area contributed by atoms with Crippen molar-refractivity contribution in [2.45, 2.75) is 37.8 Å². The summed E-state index contributed by atoms with van der Waals surface area (Å²) in [5.74, 6) is 0.469. The molecule has 0 radical (unpaired) electrons. The van der Waals surface area contributed by atoms with Crippen molar-refractivity contribution in [2.24, 2.45) is 11.7 Å². The maximum Gasteiger partial charge on any atom is 0.225 e. The molecule has 0 aromatic carbocycles. The fourth-order valence-corrected chi connectivity index (χ4v) is 2.40. The molecule has 4 nitrogen and oxygen atoms in total. The van der Waals surface area contributed by atoms with Gasteiger partial charge in [0.1, 0.15) is 0 Å². The van der Waals surface area contributed by atoms with Crippen molar-refractivity contribution in [3.05, 3.63) is 0 Å². The van der Waals surface area contributed by atoms with Crippen LogP contribution < -0.4 is 5.73 Å². The van der Waals surface area contributed by atoms with Gasteiger partial charge in [0.05, 0.1) is 0 Å². The Balaban J connectivity index is 1.83. The number of carbonyl (C=O) groups excluding carboxylic acids is 1. The van der Waals surface area contributed by atoms with Gasteiger partial charge < -0.3 is 15.4 Å². The highest BCUT2D eigenvalue weighted by Crippen LogP contribution is 2.28. The Bertz CT molecular complexity index is 233. The summed E-state index contributed by atoms with van der Waals surface area (Å²) in [5.41, 5.74) is 5.69. The first-order valence-corrected chi connectivity index (χ1v) is 5.78. The van der Waals surface area contributed by atoms with Gasteiger partial charge in [0.25, 0.3) is 0 Å². The van der Waals surface area contributed by atoms with Crippen LogP contribution in [0.25, 0.3) is 0 Å². The van der Waals surface area contributed by atoms with Gasteiger partial charge >= 0.3 is 0 Å². The first-order chi connectivity index (χ1) is 7.18. The zero-order valence-electron chi connectivity index (χ0n) is 9.32. The van der Waals surface area contributed by atoms with E-state index >= 15 is 0 Å². The molecule has 0 unspecified atom stereocenters. The largest absolute Gasteiger partial charge is 0.381 e. The molecule has 86 valence electrons. The van der Waals surface area contributed by atoms with Gasteiger partial charge in [-0.25, -0.2) is 0 Å². The van der Waals surface area contributed by atoms with Gasteiger partial charge in [-0.3, -0.25) is 4.79 Å². The van der Waals surface area contributed by atoms with Crippen LogP contribution in [0.3, 0.4) is 0 Å². The van der Waals surface area contributed by atoms with Crippen LogP contribution in [0.1, 0.15) is 25.7 Å². The summed E-state index contributed by atoms with van der Waals surface area (Å²) in [4.78, 5) is 13.9. The van der Waals surface area contributed by atoms with Crippen molar-refractivity contribution < 1.29 is 9.53 Å².